The van der Waals surface area contributed by atoms with E-state index in [1.54, 1.807) is 4.98 Å². The number of aromatic amines is 1. The lowest BCUT2D eigenvalue weighted by molar-refractivity contribution is -0.250. The number of rotatable bonds is 8. The van der Waals surface area contributed by atoms with Crippen LogP contribution in [0.1, 0.15) is 12.6 Å². The zero-order valence-electron chi connectivity index (χ0n) is 13.7. The van der Waals surface area contributed by atoms with Crippen LogP contribution in [0.3, 0.4) is 0 Å². The van der Waals surface area contributed by atoms with Gasteiger partial charge in [-0.15, -0.1) is 0 Å². The molecule has 166 valence electrons. The average Bonchev–Trinajstić information content (AvgIpc) is 2.86. The molecule has 0 bridgehead atoms. The number of ether oxygens (including phenoxy) is 1. The summed E-state index contributed by atoms with van der Waals surface area (Å²) in [5, 5.41) is 9.85. The molecule has 20 heteroatoms. The number of H-pyrrole nitrogens is 1. The van der Waals surface area contributed by atoms with E-state index in [1.807, 2.05) is 0 Å². The Bertz CT molecular complexity index is 1020. The van der Waals surface area contributed by atoms with E-state index in [0.29, 0.717) is 10.8 Å². The third-order valence-corrected chi connectivity index (χ3v) is 6.93. The monoisotopic (exact) mass is 483 g/mol. The molecule has 0 aromatic carbocycles. The summed E-state index contributed by atoms with van der Waals surface area (Å²) in [6.45, 7) is -1.08. The summed E-state index contributed by atoms with van der Waals surface area (Å²) in [5.74, 6) is -1.34. The fraction of sp³-hybridized carbons (Fsp3) is 0.556. The Morgan fingerprint density at radius 2 is 1.86 bits per heavy atom. The van der Waals surface area contributed by atoms with Gasteiger partial charge in [-0.3, -0.25) is 28.0 Å². The van der Waals surface area contributed by atoms with Gasteiger partial charge in [-0.2, -0.15) is 4.39 Å². The predicted octanol–water partition coefficient (Wildman–Crippen LogP) is -3.23. The van der Waals surface area contributed by atoms with Gasteiger partial charge < -0.3 is 33.9 Å². The maximum atomic E-state index is 13.3. The lowest BCUT2D eigenvalue weighted by Gasteiger charge is -2.33. The Morgan fingerprint density at radius 3 is 2.45 bits per heavy atom. The quantitative estimate of drug-likeness (QED) is 0.308. The molecule has 1 aliphatic rings. The van der Waals surface area contributed by atoms with Gasteiger partial charge in [-0.05, 0) is 0 Å². The molecular weight excluding hydrogens is 472 g/mol. The maximum Gasteiger partial charge on any atom is 0.330 e. The molecule has 0 spiro atoms. The van der Waals surface area contributed by atoms with Gasteiger partial charge in [0.2, 0.25) is 5.82 Å². The van der Waals surface area contributed by atoms with Gasteiger partial charge >= 0.3 is 5.69 Å². The van der Waals surface area contributed by atoms with Gasteiger partial charge in [0.05, 0.1) is 18.9 Å². The van der Waals surface area contributed by atoms with Crippen molar-refractivity contribution in [2.24, 2.45) is 0 Å². The molecule has 1 aromatic heterocycles. The highest BCUT2D eigenvalue weighted by atomic mass is 31.3. The molecule has 29 heavy (non-hydrogen) atoms. The van der Waals surface area contributed by atoms with Crippen LogP contribution >= 0.6 is 23.5 Å². The van der Waals surface area contributed by atoms with Crippen LogP contribution in [0.2, 0.25) is 0 Å². The summed E-state index contributed by atoms with van der Waals surface area (Å²) in [6.07, 6.45) is -4.22. The average molecular weight is 483 g/mol. The van der Waals surface area contributed by atoms with E-state index in [9.17, 15) is 47.5 Å². The number of phosphoric acid groups is 3. The molecule has 0 radical (unpaired) electrons. The van der Waals surface area contributed by atoms with Crippen molar-refractivity contribution in [2.45, 2.75) is 24.9 Å². The third-order valence-electron chi connectivity index (χ3n) is 3.24. The molecule has 1 saturated heterocycles. The summed E-state index contributed by atoms with van der Waals surface area (Å²) in [6, 6.07) is 0. The number of halogens is 1. The van der Waals surface area contributed by atoms with Gasteiger partial charge in [0, 0.05) is 6.42 Å². The van der Waals surface area contributed by atoms with Crippen LogP contribution < -0.4 is 25.9 Å². The van der Waals surface area contributed by atoms with Gasteiger partial charge in [0.1, 0.15) is 12.3 Å². The summed E-state index contributed by atoms with van der Waals surface area (Å²) in [5.41, 5.74) is -2.40. The Hall–Kier alpha value is -1.06. The molecule has 16 nitrogen and oxygen atoms in total. The SMILES string of the molecule is O=c1[nH]c(=O)n([C@H]2C[C@H](O)[C@@H](COP(=O)([O-])OP(=O)([O-])OP(=O)([O-])O)O2)cc1F. The number of hydrogen-bond donors (Lipinski definition) is 3. The molecular formula is C9H11FN2O14P3-3. The molecule has 1 fully saturated rings. The minimum atomic E-state index is -6.09. The second-order valence-electron chi connectivity index (χ2n) is 5.40. The molecule has 2 rings (SSSR count). The largest absolute Gasteiger partial charge is 0.756 e. The first-order chi connectivity index (χ1) is 13.1. The van der Waals surface area contributed by atoms with Crippen molar-refractivity contribution in [3.63, 3.8) is 0 Å². The van der Waals surface area contributed by atoms with Crippen LogP contribution in [0.15, 0.2) is 15.8 Å². The second kappa shape index (κ2) is 8.59. The van der Waals surface area contributed by atoms with Crippen molar-refractivity contribution < 1.29 is 60.6 Å². The maximum absolute atomic E-state index is 13.3. The molecule has 6 atom stereocenters. The minimum absolute atomic E-state index is 0.379. The highest BCUT2D eigenvalue weighted by Gasteiger charge is 2.37. The normalized spacial score (nSPS) is 28.4. The van der Waals surface area contributed by atoms with Crippen LogP contribution in [-0.4, -0.2) is 38.4 Å². The highest BCUT2D eigenvalue weighted by molar-refractivity contribution is 7.65. The summed E-state index contributed by atoms with van der Waals surface area (Å²) < 4.78 is 62.5. The second-order valence-corrected chi connectivity index (χ2v) is 9.69. The van der Waals surface area contributed by atoms with Crippen LogP contribution in [-0.2, 0) is 31.6 Å². The molecule has 0 amide bonds. The fourth-order valence-electron chi connectivity index (χ4n) is 2.16. The highest BCUT2D eigenvalue weighted by Crippen LogP contribution is 2.61. The number of hydrogen-bond acceptors (Lipinski definition) is 13. The van der Waals surface area contributed by atoms with E-state index in [0.717, 1.165) is 0 Å². The van der Waals surface area contributed by atoms with E-state index in [2.05, 4.69) is 13.1 Å². The number of nitrogens with one attached hydrogen (secondary N) is 1. The summed E-state index contributed by atoms with van der Waals surface area (Å²) in [4.78, 5) is 65.4. The third kappa shape index (κ3) is 7.00. The van der Waals surface area contributed by atoms with Crippen LogP contribution in [0.5, 0.6) is 0 Å². The lowest BCUT2D eigenvalue weighted by atomic mass is 10.2. The molecule has 3 unspecified atom stereocenters. The Kier molecular flexibility index (Phi) is 7.17. The van der Waals surface area contributed by atoms with E-state index in [-0.39, 0.29) is 6.42 Å². The Labute approximate surface area is 158 Å². The number of nitrogens with zero attached hydrogens (tertiary/aromatic N) is 1. The minimum Gasteiger partial charge on any atom is -0.756 e. The first-order valence-corrected chi connectivity index (χ1v) is 11.6. The van der Waals surface area contributed by atoms with E-state index >= 15 is 0 Å². The van der Waals surface area contributed by atoms with Crippen molar-refractivity contribution in [1.29, 1.82) is 0 Å². The molecule has 2 heterocycles. The van der Waals surface area contributed by atoms with Crippen LogP contribution in [0, 0.1) is 5.82 Å². The first-order valence-electron chi connectivity index (χ1n) is 7.16. The molecule has 1 aliphatic heterocycles. The fourth-order valence-corrected chi connectivity index (χ4v) is 5.06. The number of phosphoric ester groups is 1. The number of aromatic nitrogens is 2. The van der Waals surface area contributed by atoms with Crippen molar-refractivity contribution >= 4 is 23.5 Å². The van der Waals surface area contributed by atoms with Gasteiger partial charge in [-0.1, -0.05) is 0 Å². The van der Waals surface area contributed by atoms with E-state index < -0.39 is 65.6 Å². The van der Waals surface area contributed by atoms with Crippen LogP contribution in [0.25, 0.3) is 0 Å². The molecule has 3 N–H and O–H groups in total. The number of aliphatic hydroxyl groups excluding tert-OH is 1. The topological polar surface area (TPSA) is 253 Å². The van der Waals surface area contributed by atoms with Crippen molar-refractivity contribution in [3.05, 3.63) is 32.9 Å². The lowest BCUT2D eigenvalue weighted by Crippen LogP contribution is -2.34. The van der Waals surface area contributed by atoms with Gasteiger partial charge in [0.25, 0.3) is 29.0 Å². The van der Waals surface area contributed by atoms with Crippen LogP contribution in [0.4, 0.5) is 4.39 Å². The number of aliphatic hydroxyl groups is 1. The Balaban J connectivity index is 2.03. The van der Waals surface area contributed by atoms with Gasteiger partial charge in [-0.25, -0.2) is 13.4 Å². The summed E-state index contributed by atoms with van der Waals surface area (Å²) in [7, 11) is -17.8. The zero-order valence-corrected chi connectivity index (χ0v) is 16.4. The molecule has 1 aromatic rings. The van der Waals surface area contributed by atoms with E-state index in [1.165, 1.54) is 0 Å². The Morgan fingerprint density at radius 1 is 1.24 bits per heavy atom. The molecule has 0 aliphatic carbocycles. The van der Waals surface area contributed by atoms with Crippen molar-refractivity contribution in [3.8, 4) is 0 Å². The van der Waals surface area contributed by atoms with Crippen molar-refractivity contribution in [1.82, 2.24) is 9.55 Å². The smallest absolute Gasteiger partial charge is 0.330 e. The molecule has 0 saturated carbocycles. The van der Waals surface area contributed by atoms with Crippen molar-refractivity contribution in [2.75, 3.05) is 6.61 Å². The van der Waals surface area contributed by atoms with Gasteiger partial charge in [0.15, 0.2) is 0 Å². The standard InChI is InChI=1S/C9H14FN2O14P3/c10-4-2-12(9(15)11-8(4)14)7-1-5(13)6(24-7)3-23-28(19,20)26-29(21,22)25-27(16,17)18/h2,5-7,13H,1,3H2,(H,19,20)(H,21,22)(H,11,14,15)(H2,16,17,18)/p-3/t5-,6+,7+/m0/s1. The zero-order chi connectivity index (χ0) is 22.2. The first kappa shape index (κ1) is 24.2. The summed E-state index contributed by atoms with van der Waals surface area (Å²) >= 11 is 0. The van der Waals surface area contributed by atoms with E-state index in [4.69, 9.17) is 9.63 Å². The predicted molar refractivity (Wildman–Crippen MR) is 79.0 cm³/mol.